The molecule has 1 heterocycles. The first kappa shape index (κ1) is 15.6. The number of alkyl halides is 1. The quantitative estimate of drug-likeness (QED) is 0.710. The van der Waals surface area contributed by atoms with Crippen LogP contribution in [0, 0.1) is 0 Å². The molecule has 0 aliphatic heterocycles. The minimum atomic E-state index is -0.109. The number of pyridine rings is 1. The zero-order valence-corrected chi connectivity index (χ0v) is 13.1. The first-order valence-electron chi connectivity index (χ1n) is 7.17. The molecule has 1 unspecified atom stereocenters. The maximum Gasteiger partial charge on any atom is 0.161 e. The van der Waals surface area contributed by atoms with Gasteiger partial charge in [0.2, 0.25) is 0 Å². The molecule has 0 fully saturated rings. The van der Waals surface area contributed by atoms with Gasteiger partial charge in [-0.15, -0.1) is 11.6 Å². The summed E-state index contributed by atoms with van der Waals surface area (Å²) >= 11 is 6.53. The van der Waals surface area contributed by atoms with Gasteiger partial charge in [0.05, 0.1) is 18.6 Å². The zero-order chi connectivity index (χ0) is 15.1. The minimum Gasteiger partial charge on any atom is -0.490 e. The van der Waals surface area contributed by atoms with Crippen molar-refractivity contribution in [3.8, 4) is 11.5 Å². The average Bonchev–Trinajstić information content (AvgIpc) is 2.50. The SMILES string of the molecule is CCOc1ccc(C(Cl)Cc2ccncc2)cc1OCC. The number of rotatable bonds is 7. The largest absolute Gasteiger partial charge is 0.490 e. The highest BCUT2D eigenvalue weighted by atomic mass is 35.5. The summed E-state index contributed by atoms with van der Waals surface area (Å²) in [5.41, 5.74) is 2.19. The zero-order valence-electron chi connectivity index (χ0n) is 12.4. The normalized spacial score (nSPS) is 12.0. The second-order valence-corrected chi connectivity index (χ2v) is 5.13. The van der Waals surface area contributed by atoms with Crippen LogP contribution in [0.15, 0.2) is 42.7 Å². The van der Waals surface area contributed by atoms with Crippen molar-refractivity contribution in [1.29, 1.82) is 0 Å². The molecule has 112 valence electrons. The summed E-state index contributed by atoms with van der Waals surface area (Å²) in [5, 5.41) is -0.109. The summed E-state index contributed by atoms with van der Waals surface area (Å²) in [6.45, 7) is 5.12. The lowest BCUT2D eigenvalue weighted by atomic mass is 10.0. The Morgan fingerprint density at radius 2 is 1.67 bits per heavy atom. The number of ether oxygens (including phenoxy) is 2. The van der Waals surface area contributed by atoms with E-state index < -0.39 is 0 Å². The van der Waals surface area contributed by atoms with Crippen molar-refractivity contribution < 1.29 is 9.47 Å². The van der Waals surface area contributed by atoms with Crippen LogP contribution < -0.4 is 9.47 Å². The van der Waals surface area contributed by atoms with Gasteiger partial charge in [-0.05, 0) is 55.7 Å². The highest BCUT2D eigenvalue weighted by Gasteiger charge is 2.13. The van der Waals surface area contributed by atoms with Gasteiger partial charge < -0.3 is 9.47 Å². The van der Waals surface area contributed by atoms with Crippen LogP contribution >= 0.6 is 11.6 Å². The molecule has 0 bridgehead atoms. The summed E-state index contributed by atoms with van der Waals surface area (Å²) in [6.07, 6.45) is 4.31. The Hall–Kier alpha value is -1.74. The molecule has 0 aliphatic carbocycles. The maximum atomic E-state index is 6.53. The number of hydrogen-bond donors (Lipinski definition) is 0. The fraction of sp³-hybridized carbons (Fsp3) is 0.353. The molecule has 3 nitrogen and oxygen atoms in total. The van der Waals surface area contributed by atoms with Crippen molar-refractivity contribution in [2.75, 3.05) is 13.2 Å². The average molecular weight is 306 g/mol. The molecule has 0 saturated carbocycles. The molecule has 4 heteroatoms. The van der Waals surface area contributed by atoms with E-state index in [0.29, 0.717) is 13.2 Å². The first-order chi connectivity index (χ1) is 10.2. The van der Waals surface area contributed by atoms with E-state index in [1.165, 1.54) is 0 Å². The van der Waals surface area contributed by atoms with Crippen molar-refractivity contribution in [3.63, 3.8) is 0 Å². The van der Waals surface area contributed by atoms with Crippen LogP contribution in [0.4, 0.5) is 0 Å². The van der Waals surface area contributed by atoms with Crippen molar-refractivity contribution in [1.82, 2.24) is 4.98 Å². The third-order valence-electron chi connectivity index (χ3n) is 3.09. The van der Waals surface area contributed by atoms with Crippen molar-refractivity contribution in [2.45, 2.75) is 25.6 Å². The van der Waals surface area contributed by atoms with Crippen LogP contribution in [0.25, 0.3) is 0 Å². The van der Waals surface area contributed by atoms with Gasteiger partial charge in [0.1, 0.15) is 0 Å². The monoisotopic (exact) mass is 305 g/mol. The van der Waals surface area contributed by atoms with E-state index in [4.69, 9.17) is 21.1 Å². The summed E-state index contributed by atoms with van der Waals surface area (Å²) in [4.78, 5) is 4.02. The van der Waals surface area contributed by atoms with E-state index in [-0.39, 0.29) is 5.38 Å². The van der Waals surface area contributed by atoms with Crippen LogP contribution in [-0.4, -0.2) is 18.2 Å². The highest BCUT2D eigenvalue weighted by Crippen LogP contribution is 2.34. The van der Waals surface area contributed by atoms with Gasteiger partial charge >= 0.3 is 0 Å². The number of aromatic nitrogens is 1. The van der Waals surface area contributed by atoms with Gasteiger partial charge in [-0.25, -0.2) is 0 Å². The Bertz CT molecular complexity index is 560. The summed E-state index contributed by atoms with van der Waals surface area (Å²) in [6, 6.07) is 9.84. The molecule has 2 aromatic rings. The predicted molar refractivity (Wildman–Crippen MR) is 85.3 cm³/mol. The molecule has 1 aromatic heterocycles. The summed E-state index contributed by atoms with van der Waals surface area (Å²) < 4.78 is 11.2. The van der Waals surface area contributed by atoms with E-state index in [0.717, 1.165) is 29.0 Å². The summed E-state index contributed by atoms with van der Waals surface area (Å²) in [5.74, 6) is 1.51. The van der Waals surface area contributed by atoms with Gasteiger partial charge in [0.25, 0.3) is 0 Å². The van der Waals surface area contributed by atoms with Gasteiger partial charge in [-0.1, -0.05) is 6.07 Å². The molecule has 0 spiro atoms. The molecule has 0 radical (unpaired) electrons. The lowest BCUT2D eigenvalue weighted by molar-refractivity contribution is 0.287. The standard InChI is InChI=1S/C17H20ClNO2/c1-3-20-16-6-5-14(12-17(16)21-4-2)15(18)11-13-7-9-19-10-8-13/h5-10,12,15H,3-4,11H2,1-2H3. The van der Waals surface area contributed by atoms with Crippen LogP contribution in [-0.2, 0) is 6.42 Å². The lowest BCUT2D eigenvalue weighted by Gasteiger charge is -2.15. The van der Waals surface area contributed by atoms with Gasteiger partial charge in [0.15, 0.2) is 11.5 Å². The van der Waals surface area contributed by atoms with Crippen molar-refractivity contribution in [2.24, 2.45) is 0 Å². The topological polar surface area (TPSA) is 31.4 Å². The van der Waals surface area contributed by atoms with E-state index in [1.54, 1.807) is 12.4 Å². The van der Waals surface area contributed by atoms with E-state index in [9.17, 15) is 0 Å². The first-order valence-corrected chi connectivity index (χ1v) is 7.60. The minimum absolute atomic E-state index is 0.109. The van der Waals surface area contributed by atoms with E-state index in [1.807, 2.05) is 44.2 Å². The fourth-order valence-corrected chi connectivity index (χ4v) is 2.42. The Balaban J connectivity index is 2.17. The molecular formula is C17H20ClNO2. The molecule has 2 rings (SSSR count). The lowest BCUT2D eigenvalue weighted by Crippen LogP contribution is -2.01. The Labute approximate surface area is 130 Å². The smallest absolute Gasteiger partial charge is 0.161 e. The Morgan fingerprint density at radius 1 is 1.00 bits per heavy atom. The number of benzene rings is 1. The molecular weight excluding hydrogens is 286 g/mol. The van der Waals surface area contributed by atoms with Crippen LogP contribution in [0.1, 0.15) is 30.4 Å². The second-order valence-electron chi connectivity index (χ2n) is 4.60. The molecule has 21 heavy (non-hydrogen) atoms. The third-order valence-corrected chi connectivity index (χ3v) is 3.50. The fourth-order valence-electron chi connectivity index (χ4n) is 2.11. The molecule has 1 atom stereocenters. The van der Waals surface area contributed by atoms with Crippen molar-refractivity contribution >= 4 is 11.6 Å². The van der Waals surface area contributed by atoms with Crippen LogP contribution in [0.5, 0.6) is 11.5 Å². The molecule has 0 aliphatic rings. The number of hydrogen-bond acceptors (Lipinski definition) is 3. The van der Waals surface area contributed by atoms with Gasteiger partial charge in [-0.2, -0.15) is 0 Å². The summed E-state index contributed by atoms with van der Waals surface area (Å²) in [7, 11) is 0. The molecule has 0 saturated heterocycles. The van der Waals surface area contributed by atoms with Gasteiger partial charge in [-0.3, -0.25) is 4.98 Å². The van der Waals surface area contributed by atoms with Crippen LogP contribution in [0.2, 0.25) is 0 Å². The van der Waals surface area contributed by atoms with Gasteiger partial charge in [0, 0.05) is 12.4 Å². The Morgan fingerprint density at radius 3 is 2.33 bits per heavy atom. The third kappa shape index (κ3) is 4.36. The maximum absolute atomic E-state index is 6.53. The number of nitrogens with zero attached hydrogens (tertiary/aromatic N) is 1. The highest BCUT2D eigenvalue weighted by molar-refractivity contribution is 6.21. The molecule has 0 amide bonds. The number of halogens is 1. The molecule has 0 N–H and O–H groups in total. The Kier molecular flexibility index (Phi) is 5.88. The second kappa shape index (κ2) is 7.89. The van der Waals surface area contributed by atoms with Crippen molar-refractivity contribution in [3.05, 3.63) is 53.9 Å². The van der Waals surface area contributed by atoms with E-state index in [2.05, 4.69) is 4.98 Å². The molecule has 1 aromatic carbocycles. The van der Waals surface area contributed by atoms with E-state index >= 15 is 0 Å². The predicted octanol–water partition coefficient (Wildman–Crippen LogP) is 4.40. The van der Waals surface area contributed by atoms with Crippen LogP contribution in [0.3, 0.4) is 0 Å².